The topological polar surface area (TPSA) is 89.9 Å². The lowest BCUT2D eigenvalue weighted by Crippen LogP contribution is -2.33. The van der Waals surface area contributed by atoms with E-state index in [1.807, 2.05) is 72.1 Å². The number of carbonyl (C=O) groups excluding carboxylic acids is 1. The summed E-state index contributed by atoms with van der Waals surface area (Å²) < 4.78 is 11.4. The Kier molecular flexibility index (Phi) is 5.62. The number of amides is 1. The zero-order valence-electron chi connectivity index (χ0n) is 17.7. The van der Waals surface area contributed by atoms with Gasteiger partial charge in [0.1, 0.15) is 12.3 Å². The van der Waals surface area contributed by atoms with Crippen molar-refractivity contribution in [3.63, 3.8) is 0 Å². The van der Waals surface area contributed by atoms with Gasteiger partial charge in [0.2, 0.25) is 0 Å². The van der Waals surface area contributed by atoms with Crippen molar-refractivity contribution in [1.29, 1.82) is 0 Å². The quantitative estimate of drug-likeness (QED) is 0.435. The molecule has 0 saturated carbocycles. The van der Waals surface area contributed by atoms with E-state index in [-0.39, 0.29) is 18.5 Å². The normalized spacial score (nSPS) is 15.5. The number of hydrogen-bond acceptors (Lipinski definition) is 7. The summed E-state index contributed by atoms with van der Waals surface area (Å²) in [5.74, 6) is 0.0512. The van der Waals surface area contributed by atoms with E-state index in [1.165, 1.54) is 20.9 Å². The molecule has 8 nitrogen and oxygen atoms in total. The predicted octanol–water partition coefficient (Wildman–Crippen LogP) is 3.95. The molecule has 1 aliphatic heterocycles. The first-order chi connectivity index (χ1) is 16.1. The van der Waals surface area contributed by atoms with Crippen LogP contribution in [0.25, 0.3) is 10.7 Å². The second-order valence-electron chi connectivity index (χ2n) is 7.48. The molecule has 0 N–H and O–H groups in total. The number of methoxy groups -OCH3 is 1. The Bertz CT molecular complexity index is 1340. The van der Waals surface area contributed by atoms with Gasteiger partial charge in [-0.15, -0.1) is 11.3 Å². The molecule has 166 valence electrons. The highest BCUT2D eigenvalue weighted by Crippen LogP contribution is 2.34. The van der Waals surface area contributed by atoms with E-state index in [0.717, 1.165) is 27.5 Å². The summed E-state index contributed by atoms with van der Waals surface area (Å²) >= 11 is 1.41. The first kappa shape index (κ1) is 20.9. The lowest BCUT2D eigenvalue weighted by molar-refractivity contribution is -0.133. The van der Waals surface area contributed by atoms with Crippen molar-refractivity contribution in [2.24, 2.45) is 5.10 Å². The Balaban J connectivity index is 1.48. The van der Waals surface area contributed by atoms with Crippen molar-refractivity contribution in [3.05, 3.63) is 93.8 Å². The number of ether oxygens (including phenoxy) is 1. The van der Waals surface area contributed by atoms with Gasteiger partial charge in [-0.25, -0.2) is 14.4 Å². The van der Waals surface area contributed by atoms with E-state index in [0.29, 0.717) is 12.2 Å². The smallest absolute Gasteiger partial charge is 0.442 e. The number of rotatable bonds is 6. The van der Waals surface area contributed by atoms with E-state index in [1.54, 1.807) is 7.11 Å². The van der Waals surface area contributed by atoms with Gasteiger partial charge in [-0.3, -0.25) is 9.32 Å². The van der Waals surface area contributed by atoms with Crippen molar-refractivity contribution < 1.29 is 14.1 Å². The van der Waals surface area contributed by atoms with Gasteiger partial charge in [0.15, 0.2) is 5.82 Å². The highest BCUT2D eigenvalue weighted by Gasteiger charge is 2.34. The Labute approximate surface area is 193 Å². The average molecular weight is 461 g/mol. The first-order valence-electron chi connectivity index (χ1n) is 10.3. The minimum Gasteiger partial charge on any atom is -0.497 e. The second-order valence-corrected chi connectivity index (χ2v) is 8.43. The van der Waals surface area contributed by atoms with Crippen LogP contribution in [0.1, 0.15) is 23.6 Å². The van der Waals surface area contributed by atoms with Crippen LogP contribution in [-0.4, -0.2) is 33.5 Å². The maximum absolute atomic E-state index is 13.4. The van der Waals surface area contributed by atoms with Crippen LogP contribution in [0.3, 0.4) is 0 Å². The molecule has 0 fully saturated rings. The van der Waals surface area contributed by atoms with Crippen LogP contribution in [0.2, 0.25) is 0 Å². The van der Waals surface area contributed by atoms with E-state index < -0.39 is 5.76 Å². The van der Waals surface area contributed by atoms with Crippen molar-refractivity contribution in [2.75, 3.05) is 7.11 Å². The van der Waals surface area contributed by atoms with Crippen LogP contribution >= 0.6 is 11.3 Å². The van der Waals surface area contributed by atoms with Gasteiger partial charge in [0.05, 0.1) is 23.7 Å². The van der Waals surface area contributed by atoms with Gasteiger partial charge in [0.25, 0.3) is 5.91 Å². The number of aromatic nitrogens is 2. The monoisotopic (exact) mass is 460 g/mol. The Hall–Kier alpha value is -3.98. The molecule has 9 heteroatoms. The van der Waals surface area contributed by atoms with Crippen molar-refractivity contribution in [3.8, 4) is 16.5 Å². The summed E-state index contributed by atoms with van der Waals surface area (Å²) in [4.78, 5) is 26.5. The molecule has 1 atom stereocenters. The summed E-state index contributed by atoms with van der Waals surface area (Å²) in [6, 6.07) is 20.7. The van der Waals surface area contributed by atoms with Gasteiger partial charge < -0.3 is 4.74 Å². The van der Waals surface area contributed by atoms with Gasteiger partial charge in [-0.2, -0.15) is 5.10 Å². The van der Waals surface area contributed by atoms with Gasteiger partial charge >= 0.3 is 5.76 Å². The summed E-state index contributed by atoms with van der Waals surface area (Å²) in [5.41, 5.74) is 2.68. The molecule has 5 rings (SSSR count). The zero-order chi connectivity index (χ0) is 22.8. The van der Waals surface area contributed by atoms with Crippen LogP contribution in [0.5, 0.6) is 5.75 Å². The minimum absolute atomic E-state index is 0.228. The molecule has 0 aliphatic carbocycles. The molecule has 33 heavy (non-hydrogen) atoms. The van der Waals surface area contributed by atoms with Crippen LogP contribution < -0.4 is 10.5 Å². The third-order valence-electron chi connectivity index (χ3n) is 5.49. The summed E-state index contributed by atoms with van der Waals surface area (Å²) in [6.45, 7) is -0.228. The fourth-order valence-corrected chi connectivity index (χ4v) is 4.54. The number of hydrazone groups is 1. The third kappa shape index (κ3) is 4.10. The SMILES string of the molecule is COc1ccc(C2CC(c3ccccc3)=NN2C(=O)Cn2c(-c3cccs3)noc2=O)cc1. The van der Waals surface area contributed by atoms with Gasteiger partial charge in [0, 0.05) is 6.42 Å². The summed E-state index contributed by atoms with van der Waals surface area (Å²) in [5, 5.41) is 11.9. The fraction of sp³-hybridized carbons (Fsp3) is 0.167. The lowest BCUT2D eigenvalue weighted by Gasteiger charge is -2.22. The second kappa shape index (κ2) is 8.87. The van der Waals surface area contributed by atoms with E-state index in [4.69, 9.17) is 9.26 Å². The van der Waals surface area contributed by atoms with E-state index in [2.05, 4.69) is 10.3 Å². The molecular formula is C24H20N4O4S. The standard InChI is InChI=1S/C24H20N4O4S/c1-31-18-11-9-17(10-12-18)20-14-19(16-6-3-2-4-7-16)25-28(20)22(29)15-27-23(26-32-24(27)30)21-8-5-13-33-21/h2-13,20H,14-15H2,1H3. The molecule has 3 heterocycles. The number of carbonyl (C=O) groups is 1. The molecular weight excluding hydrogens is 440 g/mol. The van der Waals surface area contributed by atoms with E-state index >= 15 is 0 Å². The number of nitrogens with zero attached hydrogens (tertiary/aromatic N) is 4. The number of hydrogen-bond donors (Lipinski definition) is 0. The molecule has 0 radical (unpaired) electrons. The molecule has 2 aromatic heterocycles. The molecule has 0 saturated heterocycles. The predicted molar refractivity (Wildman–Crippen MR) is 124 cm³/mol. The van der Waals surface area contributed by atoms with Crippen molar-refractivity contribution in [2.45, 2.75) is 19.0 Å². The molecule has 1 aliphatic rings. The minimum atomic E-state index is -0.681. The van der Waals surface area contributed by atoms with Crippen molar-refractivity contribution >= 4 is 23.0 Å². The van der Waals surface area contributed by atoms with Crippen molar-refractivity contribution in [1.82, 2.24) is 14.7 Å². The van der Waals surface area contributed by atoms with Crippen LogP contribution in [-0.2, 0) is 11.3 Å². The van der Waals surface area contributed by atoms with Crippen LogP contribution in [0.15, 0.2) is 86.5 Å². The number of benzene rings is 2. The molecule has 0 bridgehead atoms. The van der Waals surface area contributed by atoms with Gasteiger partial charge in [-0.1, -0.05) is 53.7 Å². The molecule has 1 amide bonds. The Morgan fingerprint density at radius 3 is 2.61 bits per heavy atom. The average Bonchev–Trinajstić information content (AvgIpc) is 3.61. The highest BCUT2D eigenvalue weighted by atomic mass is 32.1. The fourth-order valence-electron chi connectivity index (χ4n) is 3.83. The molecule has 0 spiro atoms. The molecule has 4 aromatic rings. The highest BCUT2D eigenvalue weighted by molar-refractivity contribution is 7.13. The molecule has 2 aromatic carbocycles. The Morgan fingerprint density at radius 2 is 1.91 bits per heavy atom. The third-order valence-corrected chi connectivity index (χ3v) is 6.36. The number of thiophene rings is 1. The zero-order valence-corrected chi connectivity index (χ0v) is 18.6. The Morgan fingerprint density at radius 1 is 1.12 bits per heavy atom. The largest absolute Gasteiger partial charge is 0.497 e. The summed E-state index contributed by atoms with van der Waals surface area (Å²) in [6.07, 6.45) is 0.554. The van der Waals surface area contributed by atoms with Crippen LogP contribution in [0, 0.1) is 0 Å². The van der Waals surface area contributed by atoms with Gasteiger partial charge in [-0.05, 0) is 34.7 Å². The lowest BCUT2D eigenvalue weighted by atomic mass is 9.98. The maximum atomic E-state index is 13.4. The molecule has 1 unspecified atom stereocenters. The maximum Gasteiger partial charge on any atom is 0.442 e. The summed E-state index contributed by atoms with van der Waals surface area (Å²) in [7, 11) is 1.61. The van der Waals surface area contributed by atoms with Crippen LogP contribution in [0.4, 0.5) is 0 Å². The first-order valence-corrected chi connectivity index (χ1v) is 11.2. The van der Waals surface area contributed by atoms with E-state index in [9.17, 15) is 9.59 Å².